The van der Waals surface area contributed by atoms with Gasteiger partial charge in [0.15, 0.2) is 0 Å². The highest BCUT2D eigenvalue weighted by atomic mass is 35.5. The van der Waals surface area contributed by atoms with Crippen LogP contribution in [0.5, 0.6) is 0 Å². The molecule has 4 aromatic rings. The van der Waals surface area contributed by atoms with Gasteiger partial charge < -0.3 is 4.57 Å². The zero-order valence-corrected chi connectivity index (χ0v) is 18.4. The van der Waals surface area contributed by atoms with Crippen molar-refractivity contribution in [3.05, 3.63) is 113 Å². The van der Waals surface area contributed by atoms with E-state index in [1.807, 2.05) is 22.9 Å². The van der Waals surface area contributed by atoms with Gasteiger partial charge in [-0.3, -0.25) is 4.98 Å². The van der Waals surface area contributed by atoms with E-state index in [1.165, 1.54) is 23.3 Å². The summed E-state index contributed by atoms with van der Waals surface area (Å²) in [5.41, 5.74) is 5.11. The minimum Gasteiger partial charge on any atom is -0.308 e. The highest BCUT2D eigenvalue weighted by molar-refractivity contribution is 6.52. The molecule has 0 aliphatic carbocycles. The predicted octanol–water partition coefficient (Wildman–Crippen LogP) is 6.37. The molecule has 0 saturated heterocycles. The first-order valence-corrected chi connectivity index (χ1v) is 10.9. The van der Waals surface area contributed by atoms with Gasteiger partial charge in [-0.25, -0.2) is 4.39 Å². The van der Waals surface area contributed by atoms with E-state index in [9.17, 15) is 4.39 Å². The molecule has 0 aliphatic rings. The van der Waals surface area contributed by atoms with E-state index < -0.39 is 0 Å². The molecule has 0 amide bonds. The number of aromatic nitrogens is 2. The lowest BCUT2D eigenvalue weighted by atomic mass is 9.65. The quantitative estimate of drug-likeness (QED) is 0.312. The van der Waals surface area contributed by atoms with E-state index >= 15 is 0 Å². The second-order valence-corrected chi connectivity index (χ2v) is 8.35. The van der Waals surface area contributed by atoms with Crippen molar-refractivity contribution in [1.82, 2.24) is 9.55 Å². The average Bonchev–Trinajstić information content (AvgIpc) is 3.19. The molecular formula is C26H24BClFN2. The summed E-state index contributed by atoms with van der Waals surface area (Å²) in [5, 5.41) is 0.372. The topological polar surface area (TPSA) is 17.8 Å². The van der Waals surface area contributed by atoms with Gasteiger partial charge in [0, 0.05) is 17.8 Å². The molecule has 0 saturated carbocycles. The maximum Gasteiger partial charge on any atom is 0.203 e. The summed E-state index contributed by atoms with van der Waals surface area (Å²) in [6, 6.07) is 25.5. The van der Waals surface area contributed by atoms with Crippen LogP contribution >= 0.6 is 11.6 Å². The summed E-state index contributed by atoms with van der Waals surface area (Å²) in [7, 11) is 2.15. The first-order valence-electron chi connectivity index (χ1n) is 10.5. The largest absolute Gasteiger partial charge is 0.308 e. The lowest BCUT2D eigenvalue weighted by Gasteiger charge is -2.19. The van der Waals surface area contributed by atoms with Crippen LogP contribution in [0.15, 0.2) is 85.1 Å². The summed E-state index contributed by atoms with van der Waals surface area (Å²) in [6.07, 6.45) is 2.66. The zero-order valence-electron chi connectivity index (χ0n) is 17.7. The van der Waals surface area contributed by atoms with E-state index in [0.717, 1.165) is 23.4 Å². The first-order chi connectivity index (χ1) is 15.0. The highest BCUT2D eigenvalue weighted by Crippen LogP contribution is 2.29. The Kier molecular flexibility index (Phi) is 6.57. The summed E-state index contributed by atoms with van der Waals surface area (Å²) >= 11 is 6.42. The van der Waals surface area contributed by atoms with Crippen LogP contribution in [0.4, 0.5) is 4.39 Å². The average molecular weight is 430 g/mol. The van der Waals surface area contributed by atoms with Crippen LogP contribution in [0.25, 0.3) is 5.69 Å². The third-order valence-electron chi connectivity index (χ3n) is 5.50. The normalized spacial score (nSPS) is 11.3. The molecule has 155 valence electrons. The van der Waals surface area contributed by atoms with Crippen molar-refractivity contribution in [2.75, 3.05) is 0 Å². The van der Waals surface area contributed by atoms with Crippen LogP contribution in [0.2, 0.25) is 11.3 Å². The number of rotatable bonds is 7. The fourth-order valence-corrected chi connectivity index (χ4v) is 4.17. The molecule has 1 heterocycles. The minimum atomic E-state index is -0.348. The van der Waals surface area contributed by atoms with Crippen LogP contribution in [0, 0.1) is 5.82 Å². The van der Waals surface area contributed by atoms with Gasteiger partial charge in [0.25, 0.3) is 0 Å². The van der Waals surface area contributed by atoms with Crippen LogP contribution in [0.3, 0.4) is 0 Å². The number of nitrogens with zero attached hydrogens (tertiary/aromatic N) is 2. The van der Waals surface area contributed by atoms with E-state index in [4.69, 9.17) is 16.6 Å². The lowest BCUT2D eigenvalue weighted by Crippen LogP contribution is -2.28. The summed E-state index contributed by atoms with van der Waals surface area (Å²) in [4.78, 5) is 4.69. The van der Waals surface area contributed by atoms with Crippen LogP contribution < -0.4 is 5.72 Å². The number of halogens is 2. The molecule has 0 aliphatic heterocycles. The molecule has 0 N–H and O–H groups in total. The predicted molar refractivity (Wildman–Crippen MR) is 128 cm³/mol. The van der Waals surface area contributed by atoms with Crippen molar-refractivity contribution in [2.24, 2.45) is 0 Å². The van der Waals surface area contributed by atoms with E-state index in [2.05, 4.69) is 69.7 Å². The molecule has 0 unspecified atom stereocenters. The van der Waals surface area contributed by atoms with Crippen molar-refractivity contribution in [3.8, 4) is 5.69 Å². The number of imidazole rings is 1. The maximum atomic E-state index is 13.7. The Morgan fingerprint density at radius 3 is 2.10 bits per heavy atom. The highest BCUT2D eigenvalue weighted by Gasteiger charge is 2.20. The van der Waals surface area contributed by atoms with Gasteiger partial charge in [-0.1, -0.05) is 92.4 Å². The Hall–Kier alpha value is -2.85. The van der Waals surface area contributed by atoms with Crippen LogP contribution in [-0.2, 0) is 0 Å². The van der Waals surface area contributed by atoms with Crippen LogP contribution in [-0.4, -0.2) is 16.8 Å². The number of hydrogen-bond donors (Lipinski definition) is 0. The molecule has 0 bridgehead atoms. The fraction of sp³-hybridized carbons (Fsp3) is 0.192. The van der Waals surface area contributed by atoms with Crippen molar-refractivity contribution >= 4 is 24.6 Å². The molecule has 0 spiro atoms. The van der Waals surface area contributed by atoms with Crippen molar-refractivity contribution in [2.45, 2.75) is 32.0 Å². The number of hydrogen-bond acceptors (Lipinski definition) is 1. The van der Waals surface area contributed by atoms with E-state index in [0.29, 0.717) is 5.02 Å². The second kappa shape index (κ2) is 9.53. The van der Waals surface area contributed by atoms with Gasteiger partial charge in [0.2, 0.25) is 7.28 Å². The Bertz CT molecular complexity index is 1100. The molecule has 5 heteroatoms. The summed E-state index contributed by atoms with van der Waals surface area (Å²) in [6.45, 7) is 4.23. The fourth-order valence-electron chi connectivity index (χ4n) is 3.91. The minimum absolute atomic E-state index is 0.207. The summed E-state index contributed by atoms with van der Waals surface area (Å²) < 4.78 is 15.7. The van der Waals surface area contributed by atoms with E-state index in [1.54, 1.807) is 6.07 Å². The second-order valence-electron chi connectivity index (χ2n) is 7.94. The zero-order chi connectivity index (χ0) is 21.8. The Morgan fingerprint density at radius 2 is 1.55 bits per heavy atom. The Morgan fingerprint density at radius 1 is 0.935 bits per heavy atom. The van der Waals surface area contributed by atoms with Gasteiger partial charge in [0.05, 0.1) is 16.4 Å². The molecule has 31 heavy (non-hydrogen) atoms. The molecule has 0 atom stereocenters. The van der Waals surface area contributed by atoms with Gasteiger partial charge >= 0.3 is 0 Å². The third kappa shape index (κ3) is 4.75. The van der Waals surface area contributed by atoms with Crippen molar-refractivity contribution < 1.29 is 4.39 Å². The third-order valence-corrected chi connectivity index (χ3v) is 5.80. The standard InChI is InChI=1S/C26H24BClFN2/c1-18(2)25-17-30-26(31(25)24-14-13-21(29)15-23(24)28)27-16-22(19-9-5-3-6-10-19)20-11-7-4-8-12-20/h3-15,17-18,22H,16H2,1-2H3. The van der Waals surface area contributed by atoms with Crippen molar-refractivity contribution in [3.63, 3.8) is 0 Å². The van der Waals surface area contributed by atoms with Gasteiger partial charge in [-0.2, -0.15) is 0 Å². The SMILES string of the molecule is CC(C)c1cnc([B]CC(c2ccccc2)c2ccccc2)n1-c1ccc(F)cc1Cl. The van der Waals surface area contributed by atoms with Gasteiger partial charge in [0.1, 0.15) is 5.82 Å². The number of benzene rings is 3. The summed E-state index contributed by atoms with van der Waals surface area (Å²) in [5.74, 6) is 0.104. The molecule has 0 fully saturated rings. The lowest BCUT2D eigenvalue weighted by molar-refractivity contribution is 0.627. The molecule has 2 nitrogen and oxygen atoms in total. The Labute approximate surface area is 189 Å². The maximum absolute atomic E-state index is 13.7. The Balaban J connectivity index is 1.70. The first kappa shape index (κ1) is 21.4. The molecule has 4 rings (SSSR count). The molecule has 3 aromatic carbocycles. The van der Waals surface area contributed by atoms with E-state index in [-0.39, 0.29) is 17.7 Å². The monoisotopic (exact) mass is 429 g/mol. The van der Waals surface area contributed by atoms with Crippen molar-refractivity contribution in [1.29, 1.82) is 0 Å². The molecular weight excluding hydrogens is 406 g/mol. The molecule has 1 aromatic heterocycles. The van der Waals surface area contributed by atoms with Crippen LogP contribution in [0.1, 0.15) is 42.5 Å². The van der Waals surface area contributed by atoms with Gasteiger partial charge in [-0.15, -0.1) is 0 Å². The molecule has 1 radical (unpaired) electrons. The van der Waals surface area contributed by atoms with Gasteiger partial charge in [-0.05, 0) is 35.2 Å². The smallest absolute Gasteiger partial charge is 0.203 e.